The van der Waals surface area contributed by atoms with E-state index in [-0.39, 0.29) is 17.6 Å². The zero-order chi connectivity index (χ0) is 17.7. The van der Waals surface area contributed by atoms with E-state index in [1.807, 2.05) is 6.07 Å². The van der Waals surface area contributed by atoms with Crippen molar-refractivity contribution in [3.8, 4) is 5.88 Å². The largest absolute Gasteiger partial charge is 0.481 e. The number of ether oxygens (including phenoxy) is 2. The first-order valence-electron chi connectivity index (χ1n) is 8.82. The van der Waals surface area contributed by atoms with E-state index >= 15 is 0 Å². The van der Waals surface area contributed by atoms with Crippen LogP contribution in [0.3, 0.4) is 0 Å². The number of nitrogens with one attached hydrogen (secondary N) is 2. The van der Waals surface area contributed by atoms with Crippen LogP contribution in [0.15, 0.2) is 12.4 Å². The van der Waals surface area contributed by atoms with Crippen LogP contribution in [0, 0.1) is 5.41 Å². The Bertz CT molecular complexity index is 579. The Kier molecular flexibility index (Phi) is 5.57. The zero-order valence-corrected chi connectivity index (χ0v) is 15.0. The first kappa shape index (κ1) is 17.7. The van der Waals surface area contributed by atoms with Crippen LogP contribution < -0.4 is 20.3 Å². The fourth-order valence-corrected chi connectivity index (χ4v) is 3.59. The number of urea groups is 1. The Labute approximate surface area is 148 Å². The van der Waals surface area contributed by atoms with E-state index in [1.54, 1.807) is 20.5 Å². The normalized spacial score (nSPS) is 22.5. The van der Waals surface area contributed by atoms with Crippen LogP contribution in [0.1, 0.15) is 25.7 Å². The minimum Gasteiger partial charge on any atom is -0.481 e. The van der Waals surface area contributed by atoms with Gasteiger partial charge in [0.15, 0.2) is 0 Å². The molecule has 2 N–H and O–H groups in total. The van der Waals surface area contributed by atoms with Gasteiger partial charge in [0.05, 0.1) is 19.8 Å². The van der Waals surface area contributed by atoms with Crippen LogP contribution in [0.25, 0.3) is 0 Å². The third-order valence-corrected chi connectivity index (χ3v) is 5.32. The molecule has 0 radical (unpaired) electrons. The topological polar surface area (TPSA) is 88.6 Å². The molecule has 2 aliphatic rings. The highest BCUT2D eigenvalue weighted by Gasteiger charge is 2.39. The number of hydrogen-bond donors (Lipinski definition) is 2. The van der Waals surface area contributed by atoms with Gasteiger partial charge in [0.25, 0.3) is 0 Å². The van der Waals surface area contributed by atoms with Crippen LogP contribution in [-0.4, -0.2) is 62.5 Å². The quantitative estimate of drug-likeness (QED) is 0.849. The summed E-state index contributed by atoms with van der Waals surface area (Å²) in [6, 6.07) is 1.73. The summed E-state index contributed by atoms with van der Waals surface area (Å²) in [5.74, 6) is 1.52. The smallest absolute Gasteiger partial charge is 0.314 e. The number of rotatable bonds is 4. The molecule has 2 saturated heterocycles. The fourth-order valence-electron chi connectivity index (χ4n) is 3.59. The summed E-state index contributed by atoms with van der Waals surface area (Å²) in [6.07, 6.45) is 5.99. The summed E-state index contributed by atoms with van der Waals surface area (Å²) in [4.78, 5) is 22.0. The van der Waals surface area contributed by atoms with Gasteiger partial charge in [0.2, 0.25) is 5.88 Å². The molecule has 8 heteroatoms. The molecule has 0 unspecified atom stereocenters. The molecule has 0 bridgehead atoms. The lowest BCUT2D eigenvalue weighted by Crippen LogP contribution is -2.48. The van der Waals surface area contributed by atoms with Crippen molar-refractivity contribution >= 4 is 11.8 Å². The molecule has 2 aliphatic heterocycles. The van der Waals surface area contributed by atoms with E-state index < -0.39 is 0 Å². The molecule has 2 fully saturated rings. The molecule has 8 nitrogen and oxygen atoms in total. The molecule has 25 heavy (non-hydrogen) atoms. The number of aromatic nitrogens is 2. The molecule has 2 amide bonds. The number of carbonyl (C=O) groups is 1. The molecule has 3 heterocycles. The number of carbonyl (C=O) groups excluding carboxylic acids is 1. The lowest BCUT2D eigenvalue weighted by Gasteiger charge is -2.46. The molecule has 1 spiro atoms. The lowest BCUT2D eigenvalue weighted by molar-refractivity contribution is -0.0697. The van der Waals surface area contributed by atoms with E-state index in [9.17, 15) is 4.79 Å². The molecular formula is C17H27N5O3. The van der Waals surface area contributed by atoms with Crippen molar-refractivity contribution < 1.29 is 14.3 Å². The molecule has 1 aromatic rings. The third kappa shape index (κ3) is 4.31. The van der Waals surface area contributed by atoms with Crippen LogP contribution >= 0.6 is 0 Å². The molecule has 0 saturated carbocycles. The number of hydrogen-bond acceptors (Lipinski definition) is 6. The van der Waals surface area contributed by atoms with Crippen molar-refractivity contribution in [2.75, 3.05) is 45.3 Å². The van der Waals surface area contributed by atoms with Crippen molar-refractivity contribution in [2.45, 2.75) is 31.8 Å². The number of amides is 2. The van der Waals surface area contributed by atoms with Gasteiger partial charge in [-0.1, -0.05) is 0 Å². The summed E-state index contributed by atoms with van der Waals surface area (Å²) in [7, 11) is 3.24. The Morgan fingerprint density at radius 1 is 1.40 bits per heavy atom. The summed E-state index contributed by atoms with van der Waals surface area (Å²) < 4.78 is 11.2. The number of nitrogens with zero attached hydrogens (tertiary/aromatic N) is 3. The molecule has 0 aromatic carbocycles. The predicted octanol–water partition coefficient (Wildman–Crippen LogP) is 1.18. The number of methoxy groups -OCH3 is 1. The van der Waals surface area contributed by atoms with Gasteiger partial charge < -0.3 is 25.0 Å². The highest BCUT2D eigenvalue weighted by atomic mass is 16.5. The average molecular weight is 349 g/mol. The molecule has 3 rings (SSSR count). The Morgan fingerprint density at radius 2 is 2.20 bits per heavy atom. The number of piperidine rings is 1. The minimum absolute atomic E-state index is 0.118. The van der Waals surface area contributed by atoms with Gasteiger partial charge in [-0.2, -0.15) is 0 Å². The minimum atomic E-state index is -0.155. The van der Waals surface area contributed by atoms with Crippen LogP contribution in [0.4, 0.5) is 10.6 Å². The third-order valence-electron chi connectivity index (χ3n) is 5.32. The van der Waals surface area contributed by atoms with Crippen molar-refractivity contribution in [3.05, 3.63) is 12.4 Å². The van der Waals surface area contributed by atoms with Crippen molar-refractivity contribution in [2.24, 2.45) is 5.41 Å². The molecule has 1 aromatic heterocycles. The lowest BCUT2D eigenvalue weighted by atomic mass is 9.73. The van der Waals surface area contributed by atoms with Gasteiger partial charge in [0.1, 0.15) is 12.1 Å². The zero-order valence-electron chi connectivity index (χ0n) is 15.0. The summed E-state index contributed by atoms with van der Waals surface area (Å²) in [5.41, 5.74) is 0.261. The highest BCUT2D eigenvalue weighted by Crippen LogP contribution is 2.41. The van der Waals surface area contributed by atoms with E-state index in [2.05, 4.69) is 25.5 Å². The van der Waals surface area contributed by atoms with Crippen LogP contribution in [-0.2, 0) is 4.74 Å². The summed E-state index contributed by atoms with van der Waals surface area (Å²) in [5, 5.41) is 5.38. The fraction of sp³-hybridized carbons (Fsp3) is 0.706. The standard InChI is InChI=1S/C17H27N5O3/c1-18-16(23)19-10-13-3-4-17(11-25-13)5-7-22(8-6-17)14-9-15(24-2)21-12-20-14/h9,12-13H,3-8,10-11H2,1-2H3,(H2,18,19,23)/t13-/m0/s1. The monoisotopic (exact) mass is 349 g/mol. The second-order valence-electron chi connectivity index (χ2n) is 6.84. The number of anilines is 1. The van der Waals surface area contributed by atoms with Crippen molar-refractivity contribution in [1.29, 1.82) is 0 Å². The molecular weight excluding hydrogens is 322 g/mol. The average Bonchev–Trinajstić information content (AvgIpc) is 2.68. The van der Waals surface area contributed by atoms with E-state index in [1.165, 1.54) is 0 Å². The van der Waals surface area contributed by atoms with Gasteiger partial charge in [-0.3, -0.25) is 0 Å². The molecule has 1 atom stereocenters. The van der Waals surface area contributed by atoms with E-state index in [0.29, 0.717) is 12.4 Å². The second kappa shape index (κ2) is 7.86. The molecule has 138 valence electrons. The van der Waals surface area contributed by atoms with Gasteiger partial charge >= 0.3 is 6.03 Å². The summed E-state index contributed by atoms with van der Waals surface area (Å²) in [6.45, 7) is 3.27. The van der Waals surface area contributed by atoms with Gasteiger partial charge in [-0.05, 0) is 31.1 Å². The maximum atomic E-state index is 11.3. The van der Waals surface area contributed by atoms with Crippen molar-refractivity contribution in [3.63, 3.8) is 0 Å². The maximum Gasteiger partial charge on any atom is 0.314 e. The highest BCUT2D eigenvalue weighted by molar-refractivity contribution is 5.73. The van der Waals surface area contributed by atoms with Crippen LogP contribution in [0.2, 0.25) is 0 Å². The molecule has 0 aliphatic carbocycles. The van der Waals surface area contributed by atoms with Gasteiger partial charge in [-0.15, -0.1) is 0 Å². The second-order valence-corrected chi connectivity index (χ2v) is 6.84. The van der Waals surface area contributed by atoms with Gasteiger partial charge in [-0.25, -0.2) is 14.8 Å². The first-order valence-corrected chi connectivity index (χ1v) is 8.82. The SMILES string of the molecule is CNC(=O)NC[C@@H]1CCC2(CCN(c3cc(OC)ncn3)CC2)CO1. The van der Waals surface area contributed by atoms with E-state index in [0.717, 1.165) is 51.2 Å². The predicted molar refractivity (Wildman–Crippen MR) is 93.9 cm³/mol. The Hall–Kier alpha value is -2.09. The maximum absolute atomic E-state index is 11.3. The summed E-state index contributed by atoms with van der Waals surface area (Å²) >= 11 is 0. The Morgan fingerprint density at radius 3 is 2.84 bits per heavy atom. The first-order chi connectivity index (χ1) is 12.1. The van der Waals surface area contributed by atoms with Gasteiger partial charge in [0, 0.05) is 32.7 Å². The van der Waals surface area contributed by atoms with Crippen LogP contribution in [0.5, 0.6) is 5.88 Å². The van der Waals surface area contributed by atoms with E-state index in [4.69, 9.17) is 9.47 Å². The Balaban J connectivity index is 1.48. The van der Waals surface area contributed by atoms with Crippen molar-refractivity contribution in [1.82, 2.24) is 20.6 Å².